The van der Waals surface area contributed by atoms with E-state index in [1.54, 1.807) is 7.11 Å². The second-order valence-corrected chi connectivity index (χ2v) is 4.66. The number of aryl methyl sites for hydroxylation is 1. The van der Waals surface area contributed by atoms with Crippen LogP contribution in [0, 0.1) is 6.92 Å². The van der Waals surface area contributed by atoms with Crippen LogP contribution in [0.15, 0.2) is 22.7 Å². The Labute approximate surface area is 105 Å². The van der Waals surface area contributed by atoms with E-state index in [-0.39, 0.29) is 12.6 Å². The van der Waals surface area contributed by atoms with Gasteiger partial charge < -0.3 is 15.2 Å². The Morgan fingerprint density at radius 1 is 1.50 bits per heavy atom. The summed E-state index contributed by atoms with van der Waals surface area (Å²) in [5, 5.41) is 12.3. The Hall–Kier alpha value is -0.420. The van der Waals surface area contributed by atoms with Crippen LogP contribution in [0.3, 0.4) is 0 Å². The number of rotatable bonds is 6. The monoisotopic (exact) mass is 287 g/mol. The number of benzene rings is 1. The van der Waals surface area contributed by atoms with Crippen LogP contribution >= 0.6 is 15.9 Å². The summed E-state index contributed by atoms with van der Waals surface area (Å²) < 4.78 is 6.09. The molecule has 1 atom stereocenters. The van der Waals surface area contributed by atoms with Gasteiger partial charge in [0, 0.05) is 18.1 Å². The van der Waals surface area contributed by atoms with Gasteiger partial charge in [-0.05, 0) is 24.1 Å². The molecule has 1 aromatic rings. The summed E-state index contributed by atoms with van der Waals surface area (Å²) in [4.78, 5) is 0. The van der Waals surface area contributed by atoms with Crippen LogP contribution in [0.1, 0.15) is 11.1 Å². The Morgan fingerprint density at radius 3 is 2.81 bits per heavy atom. The van der Waals surface area contributed by atoms with Gasteiger partial charge in [-0.2, -0.15) is 0 Å². The molecule has 0 amide bonds. The van der Waals surface area contributed by atoms with Gasteiger partial charge in [-0.3, -0.25) is 0 Å². The molecule has 3 nitrogen and oxygen atoms in total. The largest absolute Gasteiger partial charge is 0.395 e. The quantitative estimate of drug-likeness (QED) is 0.839. The molecular formula is C12H18BrNO2. The fourth-order valence-corrected chi connectivity index (χ4v) is 2.06. The highest BCUT2D eigenvalue weighted by Crippen LogP contribution is 2.18. The highest BCUT2D eigenvalue weighted by atomic mass is 79.9. The molecular weight excluding hydrogens is 270 g/mol. The first-order chi connectivity index (χ1) is 7.67. The van der Waals surface area contributed by atoms with Crippen molar-refractivity contribution in [2.45, 2.75) is 19.5 Å². The maximum absolute atomic E-state index is 9.09. The van der Waals surface area contributed by atoms with E-state index in [4.69, 9.17) is 9.84 Å². The van der Waals surface area contributed by atoms with Crippen molar-refractivity contribution in [2.24, 2.45) is 0 Å². The molecule has 0 fully saturated rings. The van der Waals surface area contributed by atoms with Gasteiger partial charge in [0.15, 0.2) is 0 Å². The normalized spacial score (nSPS) is 12.8. The van der Waals surface area contributed by atoms with E-state index in [1.807, 2.05) is 0 Å². The van der Waals surface area contributed by atoms with Crippen molar-refractivity contribution in [2.75, 3.05) is 20.3 Å². The van der Waals surface area contributed by atoms with Crippen molar-refractivity contribution >= 4 is 15.9 Å². The predicted molar refractivity (Wildman–Crippen MR) is 68.5 cm³/mol. The number of halogens is 1. The van der Waals surface area contributed by atoms with Gasteiger partial charge in [0.25, 0.3) is 0 Å². The number of methoxy groups -OCH3 is 1. The third-order valence-electron chi connectivity index (χ3n) is 2.38. The molecule has 0 saturated carbocycles. The summed E-state index contributed by atoms with van der Waals surface area (Å²) in [5.41, 5.74) is 2.41. The summed E-state index contributed by atoms with van der Waals surface area (Å²) in [6.45, 7) is 3.37. The summed E-state index contributed by atoms with van der Waals surface area (Å²) in [7, 11) is 1.63. The topological polar surface area (TPSA) is 41.5 Å². The highest BCUT2D eigenvalue weighted by molar-refractivity contribution is 9.10. The molecule has 2 N–H and O–H groups in total. The van der Waals surface area contributed by atoms with Crippen LogP contribution in [0.4, 0.5) is 0 Å². The van der Waals surface area contributed by atoms with Crippen LogP contribution in [-0.2, 0) is 11.3 Å². The molecule has 4 heteroatoms. The summed E-state index contributed by atoms with van der Waals surface area (Å²) >= 11 is 3.52. The van der Waals surface area contributed by atoms with Crippen LogP contribution in [0.5, 0.6) is 0 Å². The molecule has 1 rings (SSSR count). The van der Waals surface area contributed by atoms with Crippen molar-refractivity contribution < 1.29 is 9.84 Å². The Balaban J connectivity index is 2.53. The fraction of sp³-hybridized carbons (Fsp3) is 0.500. The minimum Gasteiger partial charge on any atom is -0.395 e. The van der Waals surface area contributed by atoms with E-state index < -0.39 is 0 Å². The standard InChI is InChI=1S/C12H18BrNO2/c1-9-3-4-10(12(13)5-9)6-14-11(7-15)8-16-2/h3-5,11,14-15H,6-8H2,1-2H3. The zero-order chi connectivity index (χ0) is 12.0. The second-order valence-electron chi connectivity index (χ2n) is 3.81. The Bertz CT molecular complexity index is 331. The third-order valence-corrected chi connectivity index (χ3v) is 3.12. The average Bonchev–Trinajstić information content (AvgIpc) is 2.26. The predicted octanol–water partition coefficient (Wildman–Crippen LogP) is 1.85. The average molecular weight is 288 g/mol. The smallest absolute Gasteiger partial charge is 0.0638 e. The van der Waals surface area contributed by atoms with E-state index in [0.717, 1.165) is 11.0 Å². The molecule has 0 spiro atoms. The number of nitrogens with one attached hydrogen (secondary N) is 1. The first-order valence-electron chi connectivity index (χ1n) is 5.25. The number of aliphatic hydroxyl groups is 1. The molecule has 0 aliphatic carbocycles. The van der Waals surface area contributed by atoms with Gasteiger partial charge in [-0.25, -0.2) is 0 Å². The Kier molecular flexibility index (Phi) is 5.98. The molecule has 1 aromatic carbocycles. The zero-order valence-corrected chi connectivity index (χ0v) is 11.3. The number of hydrogen-bond donors (Lipinski definition) is 2. The van der Waals surface area contributed by atoms with Gasteiger partial charge >= 0.3 is 0 Å². The SMILES string of the molecule is COCC(CO)NCc1ccc(C)cc1Br. The Morgan fingerprint density at radius 2 is 2.25 bits per heavy atom. The maximum atomic E-state index is 9.09. The first-order valence-corrected chi connectivity index (χ1v) is 6.05. The van der Waals surface area contributed by atoms with Gasteiger partial charge in [0.1, 0.15) is 0 Å². The number of aliphatic hydroxyl groups excluding tert-OH is 1. The molecule has 0 aromatic heterocycles. The van der Waals surface area contributed by atoms with Crippen molar-refractivity contribution in [1.82, 2.24) is 5.32 Å². The van der Waals surface area contributed by atoms with E-state index in [0.29, 0.717) is 6.61 Å². The number of ether oxygens (including phenoxy) is 1. The van der Waals surface area contributed by atoms with Gasteiger partial charge in [-0.1, -0.05) is 28.1 Å². The van der Waals surface area contributed by atoms with E-state index in [2.05, 4.69) is 46.4 Å². The first kappa shape index (κ1) is 13.6. The van der Waals surface area contributed by atoms with Crippen molar-refractivity contribution in [3.63, 3.8) is 0 Å². The summed E-state index contributed by atoms with van der Waals surface area (Å²) in [6.07, 6.45) is 0. The van der Waals surface area contributed by atoms with Crippen molar-refractivity contribution in [3.8, 4) is 0 Å². The second kappa shape index (κ2) is 7.01. The molecule has 90 valence electrons. The van der Waals surface area contributed by atoms with E-state index >= 15 is 0 Å². The lowest BCUT2D eigenvalue weighted by Gasteiger charge is -2.15. The van der Waals surface area contributed by atoms with Crippen LogP contribution < -0.4 is 5.32 Å². The van der Waals surface area contributed by atoms with Crippen molar-refractivity contribution in [3.05, 3.63) is 33.8 Å². The molecule has 0 aliphatic rings. The molecule has 0 heterocycles. The summed E-state index contributed by atoms with van der Waals surface area (Å²) in [5.74, 6) is 0. The van der Waals surface area contributed by atoms with E-state index in [9.17, 15) is 0 Å². The fourth-order valence-electron chi connectivity index (χ4n) is 1.43. The van der Waals surface area contributed by atoms with Gasteiger partial charge in [0.05, 0.1) is 19.3 Å². The third kappa shape index (κ3) is 4.22. The number of hydrogen-bond acceptors (Lipinski definition) is 3. The van der Waals surface area contributed by atoms with Crippen LogP contribution in [-0.4, -0.2) is 31.5 Å². The summed E-state index contributed by atoms with van der Waals surface area (Å²) in [6, 6.07) is 6.22. The highest BCUT2D eigenvalue weighted by Gasteiger charge is 2.07. The van der Waals surface area contributed by atoms with Gasteiger partial charge in [-0.15, -0.1) is 0 Å². The van der Waals surface area contributed by atoms with E-state index in [1.165, 1.54) is 11.1 Å². The molecule has 0 bridgehead atoms. The lowest BCUT2D eigenvalue weighted by Crippen LogP contribution is -2.35. The minimum absolute atomic E-state index is 0.0156. The molecule has 0 aliphatic heterocycles. The minimum atomic E-state index is -0.0156. The molecule has 0 radical (unpaired) electrons. The van der Waals surface area contributed by atoms with Gasteiger partial charge in [0.2, 0.25) is 0 Å². The zero-order valence-electron chi connectivity index (χ0n) is 9.66. The molecule has 0 saturated heterocycles. The maximum Gasteiger partial charge on any atom is 0.0638 e. The van der Waals surface area contributed by atoms with Crippen LogP contribution in [0.25, 0.3) is 0 Å². The van der Waals surface area contributed by atoms with Crippen molar-refractivity contribution in [1.29, 1.82) is 0 Å². The molecule has 16 heavy (non-hydrogen) atoms. The molecule has 1 unspecified atom stereocenters. The lowest BCUT2D eigenvalue weighted by molar-refractivity contribution is 0.128. The lowest BCUT2D eigenvalue weighted by atomic mass is 10.1. The van der Waals surface area contributed by atoms with Crippen LogP contribution in [0.2, 0.25) is 0 Å².